The van der Waals surface area contributed by atoms with Gasteiger partial charge in [-0.3, -0.25) is 4.79 Å². The van der Waals surface area contributed by atoms with E-state index in [0.717, 1.165) is 29.4 Å². The zero-order valence-electron chi connectivity index (χ0n) is 13.3. The molecule has 0 radical (unpaired) electrons. The van der Waals surface area contributed by atoms with Crippen molar-refractivity contribution in [2.75, 3.05) is 7.11 Å². The van der Waals surface area contributed by atoms with Crippen LogP contribution in [0.25, 0.3) is 10.9 Å². The highest BCUT2D eigenvalue weighted by Crippen LogP contribution is 2.41. The number of fused-ring (bicyclic) bond motifs is 1. The quantitative estimate of drug-likeness (QED) is 0.639. The van der Waals surface area contributed by atoms with Gasteiger partial charge in [0, 0.05) is 24.9 Å². The Hall–Kier alpha value is -2.10. The number of esters is 1. The second kappa shape index (κ2) is 5.59. The Morgan fingerprint density at radius 1 is 1.23 bits per heavy atom. The monoisotopic (exact) mass is 299 g/mol. The molecule has 1 heterocycles. The summed E-state index contributed by atoms with van der Waals surface area (Å²) in [6.45, 7) is 1.62. The van der Waals surface area contributed by atoms with E-state index in [-0.39, 0.29) is 11.8 Å². The van der Waals surface area contributed by atoms with Crippen LogP contribution in [0.1, 0.15) is 64.9 Å². The molecule has 2 aromatic rings. The third-order valence-electron chi connectivity index (χ3n) is 4.76. The number of ketones is 1. The molecule has 0 unspecified atom stereocenters. The normalized spacial score (nSPS) is 15.4. The zero-order chi connectivity index (χ0) is 15.9. The fourth-order valence-electron chi connectivity index (χ4n) is 3.76. The molecular weight excluding hydrogens is 278 g/mol. The van der Waals surface area contributed by atoms with Crippen molar-refractivity contribution < 1.29 is 14.3 Å². The Kier molecular flexibility index (Phi) is 3.77. The Morgan fingerprint density at radius 2 is 1.91 bits per heavy atom. The van der Waals surface area contributed by atoms with Gasteiger partial charge in [0.1, 0.15) is 0 Å². The van der Waals surface area contributed by atoms with E-state index >= 15 is 0 Å². The Morgan fingerprint density at radius 3 is 2.50 bits per heavy atom. The third-order valence-corrected chi connectivity index (χ3v) is 4.76. The van der Waals surface area contributed by atoms with Gasteiger partial charge in [0.25, 0.3) is 0 Å². The SMILES string of the molecule is COC(=O)c1ccc2c(C3CCCC3)c(C(C)=O)n(C)c2c1. The maximum Gasteiger partial charge on any atom is 0.337 e. The molecule has 0 atom stereocenters. The van der Waals surface area contributed by atoms with Crippen molar-refractivity contribution in [2.45, 2.75) is 38.5 Å². The van der Waals surface area contributed by atoms with Crippen LogP contribution in [0.4, 0.5) is 0 Å². The molecule has 1 aromatic carbocycles. The fourth-order valence-corrected chi connectivity index (χ4v) is 3.76. The number of benzene rings is 1. The van der Waals surface area contributed by atoms with Crippen LogP contribution >= 0.6 is 0 Å². The highest BCUT2D eigenvalue weighted by atomic mass is 16.5. The summed E-state index contributed by atoms with van der Waals surface area (Å²) in [6, 6.07) is 5.57. The van der Waals surface area contributed by atoms with Crippen LogP contribution in [0.15, 0.2) is 18.2 Å². The van der Waals surface area contributed by atoms with Gasteiger partial charge >= 0.3 is 5.97 Å². The second-order valence-corrected chi connectivity index (χ2v) is 6.08. The molecule has 0 N–H and O–H groups in total. The van der Waals surface area contributed by atoms with Gasteiger partial charge in [-0.2, -0.15) is 0 Å². The van der Waals surface area contributed by atoms with Crippen molar-refractivity contribution in [1.29, 1.82) is 0 Å². The average Bonchev–Trinajstić information content (AvgIpc) is 3.12. The molecule has 22 heavy (non-hydrogen) atoms. The maximum atomic E-state index is 12.2. The lowest BCUT2D eigenvalue weighted by Gasteiger charge is -2.11. The highest BCUT2D eigenvalue weighted by Gasteiger charge is 2.27. The summed E-state index contributed by atoms with van der Waals surface area (Å²) in [7, 11) is 3.28. The lowest BCUT2D eigenvalue weighted by atomic mass is 9.93. The predicted molar refractivity (Wildman–Crippen MR) is 85.5 cm³/mol. The van der Waals surface area contributed by atoms with E-state index in [1.54, 1.807) is 13.0 Å². The number of Topliss-reactive ketones (excluding diaryl/α,β-unsaturated/α-hetero) is 1. The zero-order valence-corrected chi connectivity index (χ0v) is 13.3. The van der Waals surface area contributed by atoms with Gasteiger partial charge in [0.05, 0.1) is 18.4 Å². The van der Waals surface area contributed by atoms with E-state index in [2.05, 4.69) is 0 Å². The third kappa shape index (κ3) is 2.23. The smallest absolute Gasteiger partial charge is 0.337 e. The van der Waals surface area contributed by atoms with Crippen LogP contribution in [-0.2, 0) is 11.8 Å². The molecule has 1 aromatic heterocycles. The van der Waals surface area contributed by atoms with Crippen LogP contribution in [0.2, 0.25) is 0 Å². The maximum absolute atomic E-state index is 12.2. The fraction of sp³-hybridized carbons (Fsp3) is 0.444. The van der Waals surface area contributed by atoms with Crippen LogP contribution in [-0.4, -0.2) is 23.4 Å². The first-order valence-corrected chi connectivity index (χ1v) is 7.76. The number of hydrogen-bond acceptors (Lipinski definition) is 3. The van der Waals surface area contributed by atoms with Crippen LogP contribution < -0.4 is 0 Å². The lowest BCUT2D eigenvalue weighted by molar-refractivity contribution is 0.0600. The molecule has 116 valence electrons. The van der Waals surface area contributed by atoms with Gasteiger partial charge in [0.15, 0.2) is 5.78 Å². The minimum atomic E-state index is -0.352. The number of carbonyl (C=O) groups excluding carboxylic acids is 2. The van der Waals surface area contributed by atoms with Gasteiger partial charge in [-0.15, -0.1) is 0 Å². The summed E-state index contributed by atoms with van der Waals surface area (Å²) >= 11 is 0. The molecule has 3 rings (SSSR count). The Labute approximate surface area is 130 Å². The lowest BCUT2D eigenvalue weighted by Crippen LogP contribution is -2.07. The molecule has 4 nitrogen and oxygen atoms in total. The first-order valence-electron chi connectivity index (χ1n) is 7.76. The first-order chi connectivity index (χ1) is 10.5. The van der Waals surface area contributed by atoms with Crippen molar-refractivity contribution in [1.82, 2.24) is 4.57 Å². The number of aryl methyl sites for hydroxylation is 1. The molecule has 1 aliphatic rings. The van der Waals surface area contributed by atoms with E-state index in [9.17, 15) is 9.59 Å². The van der Waals surface area contributed by atoms with Crippen molar-refractivity contribution in [3.8, 4) is 0 Å². The molecule has 4 heteroatoms. The number of carbonyl (C=O) groups is 2. The van der Waals surface area contributed by atoms with Gasteiger partial charge in [-0.05, 0) is 36.5 Å². The number of aromatic nitrogens is 1. The summed E-state index contributed by atoms with van der Waals surface area (Å²) in [5.74, 6) is 0.182. The van der Waals surface area contributed by atoms with Crippen molar-refractivity contribution in [2.24, 2.45) is 7.05 Å². The number of rotatable bonds is 3. The van der Waals surface area contributed by atoms with Crippen molar-refractivity contribution in [3.63, 3.8) is 0 Å². The number of nitrogens with zero attached hydrogens (tertiary/aromatic N) is 1. The summed E-state index contributed by atoms with van der Waals surface area (Å²) in [5, 5.41) is 1.09. The van der Waals surface area contributed by atoms with Gasteiger partial charge < -0.3 is 9.30 Å². The van der Waals surface area contributed by atoms with Gasteiger partial charge in [0.2, 0.25) is 0 Å². The average molecular weight is 299 g/mol. The second-order valence-electron chi connectivity index (χ2n) is 6.08. The predicted octanol–water partition coefficient (Wildman–Crippen LogP) is 3.83. The summed E-state index contributed by atoms with van der Waals surface area (Å²) < 4.78 is 6.72. The van der Waals surface area contributed by atoms with E-state index in [1.165, 1.54) is 25.5 Å². The van der Waals surface area contributed by atoms with Crippen molar-refractivity contribution >= 4 is 22.7 Å². The number of hydrogen-bond donors (Lipinski definition) is 0. The molecule has 1 aliphatic carbocycles. The van der Waals surface area contributed by atoms with E-state index < -0.39 is 0 Å². The standard InChI is InChI=1S/C18H21NO3/c1-11(20)17-16(12-6-4-5-7-12)14-9-8-13(18(21)22-3)10-15(14)19(17)2/h8-10,12H,4-7H2,1-3H3. The first kappa shape index (κ1) is 14.8. The van der Waals surface area contributed by atoms with Crippen LogP contribution in [0, 0.1) is 0 Å². The molecule has 1 fully saturated rings. The minimum Gasteiger partial charge on any atom is -0.465 e. The summed E-state index contributed by atoms with van der Waals surface area (Å²) in [4.78, 5) is 23.9. The largest absolute Gasteiger partial charge is 0.465 e. The summed E-state index contributed by atoms with van der Waals surface area (Å²) in [5.41, 5.74) is 3.39. The highest BCUT2D eigenvalue weighted by molar-refractivity contribution is 6.04. The van der Waals surface area contributed by atoms with Gasteiger partial charge in [-0.1, -0.05) is 18.9 Å². The van der Waals surface area contributed by atoms with Crippen molar-refractivity contribution in [3.05, 3.63) is 35.0 Å². The summed E-state index contributed by atoms with van der Waals surface area (Å²) in [6.07, 6.45) is 4.72. The molecule has 1 saturated carbocycles. The number of ether oxygens (including phenoxy) is 1. The Balaban J connectivity index is 2.26. The molecule has 0 saturated heterocycles. The molecule has 0 spiro atoms. The van der Waals surface area contributed by atoms with E-state index in [1.807, 2.05) is 23.7 Å². The van der Waals surface area contributed by atoms with Gasteiger partial charge in [-0.25, -0.2) is 4.79 Å². The molecular formula is C18H21NO3. The topological polar surface area (TPSA) is 48.3 Å². The molecule has 0 bridgehead atoms. The molecule has 0 aliphatic heterocycles. The van der Waals surface area contributed by atoms with E-state index in [4.69, 9.17) is 4.74 Å². The van der Waals surface area contributed by atoms with Crippen LogP contribution in [0.5, 0.6) is 0 Å². The Bertz CT molecular complexity index is 751. The minimum absolute atomic E-state index is 0.0835. The molecule has 0 amide bonds. The van der Waals surface area contributed by atoms with Crippen LogP contribution in [0.3, 0.4) is 0 Å². The van der Waals surface area contributed by atoms with E-state index in [0.29, 0.717) is 11.5 Å². The number of methoxy groups -OCH3 is 1.